The Hall–Kier alpha value is -1.66. The number of nitrogens with one attached hydrogen (secondary N) is 1. The zero-order chi connectivity index (χ0) is 16.6. The Labute approximate surface area is 142 Å². The van der Waals surface area contributed by atoms with Crippen LogP contribution in [0, 0.1) is 20.8 Å². The van der Waals surface area contributed by atoms with E-state index in [2.05, 4.69) is 35.9 Å². The van der Waals surface area contributed by atoms with Gasteiger partial charge in [-0.2, -0.15) is 0 Å². The van der Waals surface area contributed by atoms with Crippen LogP contribution in [-0.4, -0.2) is 22.4 Å². The highest BCUT2D eigenvalue weighted by molar-refractivity contribution is 7.99. The second-order valence-electron chi connectivity index (χ2n) is 5.42. The molecule has 0 aliphatic rings. The number of hydrogen-bond donors (Lipinski definition) is 1. The van der Waals surface area contributed by atoms with E-state index in [1.807, 2.05) is 13.0 Å². The van der Waals surface area contributed by atoms with E-state index < -0.39 is 6.67 Å². The number of halogens is 1. The molecule has 3 rings (SSSR count). The number of aryl methyl sites for hydroxylation is 3. The fraction of sp³-hybridized carbons (Fsp3) is 0.294. The first kappa shape index (κ1) is 16.2. The third-order valence-corrected chi connectivity index (χ3v) is 5.65. The molecular formula is C17H17FN2OS2. The molecule has 120 valence electrons. The third-order valence-electron chi connectivity index (χ3n) is 3.83. The molecule has 23 heavy (non-hydrogen) atoms. The second-order valence-corrected chi connectivity index (χ2v) is 7.71. The minimum absolute atomic E-state index is 0.158. The zero-order valence-corrected chi connectivity index (χ0v) is 14.8. The van der Waals surface area contributed by atoms with Crippen LogP contribution in [0.1, 0.15) is 16.0 Å². The summed E-state index contributed by atoms with van der Waals surface area (Å²) in [5, 5.41) is 1.10. The molecule has 6 heteroatoms. The first-order valence-electron chi connectivity index (χ1n) is 7.31. The lowest BCUT2D eigenvalue weighted by Gasteiger charge is -2.06. The van der Waals surface area contributed by atoms with Crippen LogP contribution in [-0.2, 0) is 0 Å². The Morgan fingerprint density at radius 3 is 2.74 bits per heavy atom. The molecule has 0 spiro atoms. The fourth-order valence-corrected chi connectivity index (χ4v) is 4.24. The van der Waals surface area contributed by atoms with Crippen molar-refractivity contribution in [2.75, 3.05) is 12.4 Å². The predicted molar refractivity (Wildman–Crippen MR) is 96.6 cm³/mol. The van der Waals surface area contributed by atoms with E-state index in [0.29, 0.717) is 21.1 Å². The summed E-state index contributed by atoms with van der Waals surface area (Å²) >= 11 is 2.74. The highest BCUT2D eigenvalue weighted by Gasteiger charge is 2.17. The van der Waals surface area contributed by atoms with Crippen LogP contribution in [0.25, 0.3) is 21.3 Å². The molecule has 0 saturated heterocycles. The van der Waals surface area contributed by atoms with Gasteiger partial charge in [-0.3, -0.25) is 9.18 Å². The first-order valence-corrected chi connectivity index (χ1v) is 9.11. The van der Waals surface area contributed by atoms with Gasteiger partial charge in [-0.1, -0.05) is 30.0 Å². The lowest BCUT2D eigenvalue weighted by atomic mass is 9.99. The van der Waals surface area contributed by atoms with E-state index in [-0.39, 0.29) is 5.56 Å². The van der Waals surface area contributed by atoms with E-state index in [9.17, 15) is 9.18 Å². The van der Waals surface area contributed by atoms with Crippen LogP contribution in [0.2, 0.25) is 0 Å². The number of thiophene rings is 1. The van der Waals surface area contributed by atoms with Gasteiger partial charge in [0.2, 0.25) is 0 Å². The summed E-state index contributed by atoms with van der Waals surface area (Å²) in [5.74, 6) is 0.294. The Balaban J connectivity index is 2.20. The molecule has 0 fully saturated rings. The van der Waals surface area contributed by atoms with Crippen LogP contribution >= 0.6 is 23.1 Å². The molecule has 0 bridgehead atoms. The van der Waals surface area contributed by atoms with Crippen LogP contribution in [0.5, 0.6) is 0 Å². The lowest BCUT2D eigenvalue weighted by molar-refractivity contribution is 0.532. The predicted octanol–water partition coefficient (Wildman–Crippen LogP) is 4.64. The number of rotatable bonds is 4. The summed E-state index contributed by atoms with van der Waals surface area (Å²) in [5.41, 5.74) is 4.25. The average molecular weight is 348 g/mol. The number of fused-ring (bicyclic) bond motifs is 1. The quantitative estimate of drug-likeness (QED) is 0.552. The molecule has 1 N–H and O–H groups in total. The van der Waals surface area contributed by atoms with Gasteiger partial charge < -0.3 is 4.98 Å². The van der Waals surface area contributed by atoms with Gasteiger partial charge in [0, 0.05) is 16.2 Å². The summed E-state index contributed by atoms with van der Waals surface area (Å²) in [7, 11) is 0. The third kappa shape index (κ3) is 3.05. The van der Waals surface area contributed by atoms with Gasteiger partial charge in [0.1, 0.15) is 4.83 Å². The molecule has 0 amide bonds. The Morgan fingerprint density at radius 1 is 1.26 bits per heavy atom. The molecule has 3 aromatic rings. The minimum Gasteiger partial charge on any atom is -0.301 e. The van der Waals surface area contributed by atoms with Crippen molar-refractivity contribution in [2.24, 2.45) is 0 Å². The van der Waals surface area contributed by atoms with Gasteiger partial charge in [0.25, 0.3) is 5.56 Å². The second kappa shape index (κ2) is 6.45. The van der Waals surface area contributed by atoms with Gasteiger partial charge in [-0.15, -0.1) is 11.3 Å². The largest absolute Gasteiger partial charge is 0.301 e. The van der Waals surface area contributed by atoms with E-state index >= 15 is 0 Å². The number of benzene rings is 1. The van der Waals surface area contributed by atoms with Crippen molar-refractivity contribution in [2.45, 2.75) is 25.9 Å². The molecule has 0 aliphatic carbocycles. The Morgan fingerprint density at radius 2 is 2.04 bits per heavy atom. The molecule has 0 unspecified atom stereocenters. The van der Waals surface area contributed by atoms with Crippen molar-refractivity contribution in [1.82, 2.24) is 9.97 Å². The van der Waals surface area contributed by atoms with Gasteiger partial charge >= 0.3 is 0 Å². The Bertz CT molecular complexity index is 930. The van der Waals surface area contributed by atoms with Crippen LogP contribution in [0.15, 0.2) is 28.2 Å². The number of aromatic amines is 1. The SMILES string of the molecule is Cc1ccc(-c2c(C)sc3nc(SCCF)[nH]c(=O)c23)cc1C. The highest BCUT2D eigenvalue weighted by atomic mass is 32.2. The molecule has 0 radical (unpaired) electrons. The maximum absolute atomic E-state index is 12.5. The van der Waals surface area contributed by atoms with Crippen molar-refractivity contribution in [3.63, 3.8) is 0 Å². The topological polar surface area (TPSA) is 45.8 Å². The number of nitrogens with zero attached hydrogens (tertiary/aromatic N) is 1. The van der Waals surface area contributed by atoms with Gasteiger partial charge in [-0.25, -0.2) is 4.98 Å². The van der Waals surface area contributed by atoms with Crippen molar-refractivity contribution >= 4 is 33.3 Å². The first-order chi connectivity index (χ1) is 11.0. The van der Waals surface area contributed by atoms with Crippen molar-refractivity contribution in [3.8, 4) is 11.1 Å². The van der Waals surface area contributed by atoms with E-state index in [1.165, 1.54) is 34.2 Å². The van der Waals surface area contributed by atoms with Crippen LogP contribution in [0.4, 0.5) is 4.39 Å². The molecule has 3 nitrogen and oxygen atoms in total. The molecule has 0 atom stereocenters. The van der Waals surface area contributed by atoms with Gasteiger partial charge in [0.05, 0.1) is 12.1 Å². The molecule has 0 saturated carbocycles. The summed E-state index contributed by atoms with van der Waals surface area (Å²) in [6.45, 7) is 5.70. The normalized spacial score (nSPS) is 11.3. The number of alkyl halides is 1. The summed E-state index contributed by atoms with van der Waals surface area (Å²) in [6.07, 6.45) is 0. The van der Waals surface area contributed by atoms with Crippen molar-refractivity contribution < 1.29 is 4.39 Å². The fourth-order valence-electron chi connectivity index (χ4n) is 2.55. The molecular weight excluding hydrogens is 331 g/mol. The molecule has 0 aliphatic heterocycles. The van der Waals surface area contributed by atoms with Crippen LogP contribution in [0.3, 0.4) is 0 Å². The summed E-state index contributed by atoms with van der Waals surface area (Å²) < 4.78 is 12.3. The van der Waals surface area contributed by atoms with Gasteiger partial charge in [0.15, 0.2) is 5.16 Å². The zero-order valence-electron chi connectivity index (χ0n) is 13.2. The smallest absolute Gasteiger partial charge is 0.260 e. The van der Waals surface area contributed by atoms with Crippen LogP contribution < -0.4 is 5.56 Å². The maximum Gasteiger partial charge on any atom is 0.260 e. The molecule has 1 aromatic carbocycles. The lowest BCUT2D eigenvalue weighted by Crippen LogP contribution is -2.09. The number of aromatic nitrogens is 2. The number of thioether (sulfide) groups is 1. The average Bonchev–Trinajstić information content (AvgIpc) is 2.84. The summed E-state index contributed by atoms with van der Waals surface area (Å²) in [4.78, 5) is 21.5. The minimum atomic E-state index is -0.441. The summed E-state index contributed by atoms with van der Waals surface area (Å²) in [6, 6.07) is 6.22. The Kier molecular flexibility index (Phi) is 4.55. The number of H-pyrrole nitrogens is 1. The van der Waals surface area contributed by atoms with E-state index in [4.69, 9.17) is 0 Å². The van der Waals surface area contributed by atoms with E-state index in [1.54, 1.807) is 0 Å². The van der Waals surface area contributed by atoms with Crippen molar-refractivity contribution in [1.29, 1.82) is 0 Å². The standard InChI is InChI=1S/C17H17FN2OS2/c1-9-4-5-12(8-10(9)2)13-11(3)23-16-14(13)15(21)19-17(20-16)22-7-6-18/h4-5,8H,6-7H2,1-3H3,(H,19,20,21). The number of hydrogen-bond acceptors (Lipinski definition) is 4. The highest BCUT2D eigenvalue weighted by Crippen LogP contribution is 2.36. The monoisotopic (exact) mass is 348 g/mol. The van der Waals surface area contributed by atoms with Crippen molar-refractivity contribution in [3.05, 3.63) is 44.6 Å². The molecule has 2 aromatic heterocycles. The maximum atomic E-state index is 12.5. The molecule has 2 heterocycles. The van der Waals surface area contributed by atoms with Gasteiger partial charge in [-0.05, 0) is 37.5 Å². The van der Waals surface area contributed by atoms with E-state index in [0.717, 1.165) is 16.0 Å².